The fourth-order valence-electron chi connectivity index (χ4n) is 1.29. The molecule has 3 nitrogen and oxygen atoms in total. The smallest absolute Gasteiger partial charge is 0.169 e. The van der Waals surface area contributed by atoms with E-state index in [1.165, 1.54) is 0 Å². The first-order chi connectivity index (χ1) is 8.47. The topological polar surface area (TPSA) is 50.9 Å². The van der Waals surface area contributed by atoms with E-state index < -0.39 is 34.9 Å². The highest BCUT2D eigenvalue weighted by molar-refractivity contribution is 5.59. The van der Waals surface area contributed by atoms with Crippen molar-refractivity contribution in [2.45, 2.75) is 0 Å². The lowest BCUT2D eigenvalue weighted by Crippen LogP contribution is -2.04. The molecule has 0 spiro atoms. The van der Waals surface area contributed by atoms with Crippen LogP contribution < -0.4 is 11.1 Å². The molecule has 0 atom stereocenters. The highest BCUT2D eigenvalue weighted by Crippen LogP contribution is 2.23. The van der Waals surface area contributed by atoms with Gasteiger partial charge in [0, 0.05) is 12.1 Å². The van der Waals surface area contributed by atoms with Crippen LogP contribution in [-0.2, 0) is 0 Å². The highest BCUT2D eigenvalue weighted by atomic mass is 19.1. The van der Waals surface area contributed by atoms with Gasteiger partial charge in [-0.25, -0.2) is 22.5 Å². The molecule has 2 aromatic rings. The number of nitrogens with one attached hydrogen (secondary N) is 1. The third kappa shape index (κ3) is 2.34. The highest BCUT2D eigenvalue weighted by Gasteiger charge is 2.12. The second kappa shape index (κ2) is 4.52. The maximum Gasteiger partial charge on any atom is 0.169 e. The monoisotopic (exact) mass is 257 g/mol. The van der Waals surface area contributed by atoms with Gasteiger partial charge in [-0.3, -0.25) is 0 Å². The first-order valence-electron chi connectivity index (χ1n) is 4.81. The van der Waals surface area contributed by atoms with Gasteiger partial charge in [-0.1, -0.05) is 0 Å². The minimum absolute atomic E-state index is 0.326. The summed E-state index contributed by atoms with van der Waals surface area (Å²) in [5.41, 5.74) is 4.82. The summed E-state index contributed by atoms with van der Waals surface area (Å²) in [6.45, 7) is 0. The lowest BCUT2D eigenvalue weighted by atomic mass is 10.3. The Morgan fingerprint density at radius 3 is 2.39 bits per heavy atom. The number of hydrogen-bond donors (Lipinski definition) is 2. The molecule has 18 heavy (non-hydrogen) atoms. The number of nitrogens with two attached hydrogens (primary N) is 1. The van der Waals surface area contributed by atoms with Crippen LogP contribution in [0, 0.1) is 23.3 Å². The predicted octanol–water partition coefficient (Wildman–Crippen LogP) is 2.96. The third-order valence-electron chi connectivity index (χ3n) is 2.14. The number of halogens is 4. The molecule has 0 fully saturated rings. The number of nitrogens with zero attached hydrogens (tertiary/aromatic N) is 1. The molecule has 0 aliphatic rings. The molecule has 1 aromatic heterocycles. The Morgan fingerprint density at radius 1 is 0.944 bits per heavy atom. The number of benzene rings is 1. The van der Waals surface area contributed by atoms with E-state index in [2.05, 4.69) is 10.3 Å². The summed E-state index contributed by atoms with van der Waals surface area (Å²) in [7, 11) is 0. The van der Waals surface area contributed by atoms with E-state index in [4.69, 9.17) is 5.73 Å². The molecule has 3 N–H and O–H groups in total. The van der Waals surface area contributed by atoms with Crippen molar-refractivity contribution in [1.82, 2.24) is 4.98 Å². The minimum atomic E-state index is -1.06. The van der Waals surface area contributed by atoms with Crippen molar-refractivity contribution in [3.63, 3.8) is 0 Å². The van der Waals surface area contributed by atoms with Crippen molar-refractivity contribution in [2.24, 2.45) is 0 Å². The van der Waals surface area contributed by atoms with Crippen molar-refractivity contribution in [3.8, 4) is 0 Å². The number of rotatable bonds is 2. The molecular formula is C11H7F4N3. The van der Waals surface area contributed by atoms with Crippen molar-refractivity contribution in [2.75, 3.05) is 11.1 Å². The Bertz CT molecular complexity index is 601. The Morgan fingerprint density at radius 2 is 1.67 bits per heavy atom. The summed E-state index contributed by atoms with van der Waals surface area (Å²) < 4.78 is 52.3. The third-order valence-corrected chi connectivity index (χ3v) is 2.14. The Labute approximate surface area is 99.3 Å². The van der Waals surface area contributed by atoms with Gasteiger partial charge in [0.25, 0.3) is 0 Å². The summed E-state index contributed by atoms with van der Waals surface area (Å²) >= 11 is 0. The number of pyridine rings is 1. The second-order valence-electron chi connectivity index (χ2n) is 3.44. The van der Waals surface area contributed by atoms with Crippen LogP contribution in [-0.4, -0.2) is 4.98 Å². The van der Waals surface area contributed by atoms with Gasteiger partial charge in [-0.15, -0.1) is 0 Å². The largest absolute Gasteiger partial charge is 0.381 e. The molecule has 0 saturated heterocycles. The number of nitrogen functional groups attached to an aromatic ring is 1. The first-order valence-corrected chi connectivity index (χ1v) is 4.81. The van der Waals surface area contributed by atoms with Gasteiger partial charge in [0.1, 0.15) is 11.6 Å². The zero-order valence-corrected chi connectivity index (χ0v) is 8.85. The first kappa shape index (κ1) is 12.2. The van der Waals surface area contributed by atoms with Gasteiger partial charge in [-0.05, 0) is 12.1 Å². The van der Waals surface area contributed by atoms with E-state index in [0.29, 0.717) is 6.07 Å². The van der Waals surface area contributed by atoms with Gasteiger partial charge >= 0.3 is 0 Å². The molecule has 1 aromatic carbocycles. The summed E-state index contributed by atoms with van der Waals surface area (Å²) in [5.74, 6) is -4.65. The van der Waals surface area contributed by atoms with Crippen LogP contribution in [0.25, 0.3) is 0 Å². The molecule has 94 valence electrons. The molecule has 0 aliphatic carbocycles. The van der Waals surface area contributed by atoms with Gasteiger partial charge in [0.05, 0.1) is 5.69 Å². The van der Waals surface area contributed by atoms with E-state index >= 15 is 0 Å². The van der Waals surface area contributed by atoms with Crippen LogP contribution in [0.3, 0.4) is 0 Å². The summed E-state index contributed by atoms with van der Waals surface area (Å²) in [4.78, 5) is 3.37. The zero-order chi connectivity index (χ0) is 13.3. The van der Waals surface area contributed by atoms with Crippen molar-refractivity contribution in [1.29, 1.82) is 0 Å². The average molecular weight is 257 g/mol. The lowest BCUT2D eigenvalue weighted by molar-refractivity contribution is 0.579. The van der Waals surface area contributed by atoms with Gasteiger partial charge in [-0.2, -0.15) is 0 Å². The van der Waals surface area contributed by atoms with Gasteiger partial charge in [0.15, 0.2) is 23.3 Å². The molecule has 0 amide bonds. The summed E-state index contributed by atoms with van der Waals surface area (Å²) in [5, 5.41) is 2.20. The fraction of sp³-hybridized carbons (Fsp3) is 0. The van der Waals surface area contributed by atoms with E-state index in [0.717, 1.165) is 18.2 Å². The molecule has 0 saturated carbocycles. The SMILES string of the molecule is Nc1nc(Nc2cc(F)ccc2F)c(F)cc1F. The molecule has 0 unspecified atom stereocenters. The molecule has 1 heterocycles. The Kier molecular flexibility index (Phi) is 3.05. The number of aromatic nitrogens is 1. The second-order valence-corrected chi connectivity index (χ2v) is 3.44. The van der Waals surface area contributed by atoms with Crippen molar-refractivity contribution >= 4 is 17.3 Å². The maximum atomic E-state index is 13.3. The lowest BCUT2D eigenvalue weighted by Gasteiger charge is -2.08. The van der Waals surface area contributed by atoms with Gasteiger partial charge in [0.2, 0.25) is 0 Å². The van der Waals surface area contributed by atoms with Crippen molar-refractivity contribution in [3.05, 3.63) is 47.5 Å². The predicted molar refractivity (Wildman–Crippen MR) is 58.2 cm³/mol. The molecule has 2 rings (SSSR count). The van der Waals surface area contributed by atoms with E-state index in [-0.39, 0.29) is 5.69 Å². The molecule has 0 bridgehead atoms. The van der Waals surface area contributed by atoms with Crippen LogP contribution in [0.15, 0.2) is 24.3 Å². The fourth-order valence-corrected chi connectivity index (χ4v) is 1.29. The Hall–Kier alpha value is -2.31. The van der Waals surface area contributed by atoms with Gasteiger partial charge < -0.3 is 11.1 Å². The number of hydrogen-bond acceptors (Lipinski definition) is 3. The van der Waals surface area contributed by atoms with E-state index in [9.17, 15) is 17.6 Å². The van der Waals surface area contributed by atoms with Crippen LogP contribution in [0.1, 0.15) is 0 Å². The van der Waals surface area contributed by atoms with Crippen LogP contribution in [0.4, 0.5) is 34.9 Å². The van der Waals surface area contributed by atoms with Crippen LogP contribution in [0.5, 0.6) is 0 Å². The Balaban J connectivity index is 2.40. The maximum absolute atomic E-state index is 13.3. The van der Waals surface area contributed by atoms with E-state index in [1.807, 2.05) is 0 Å². The molecule has 0 radical (unpaired) electrons. The average Bonchev–Trinajstić information content (AvgIpc) is 2.30. The van der Waals surface area contributed by atoms with Crippen LogP contribution >= 0.6 is 0 Å². The standard InChI is InChI=1S/C11H7F4N3/c12-5-1-2-6(13)9(3-5)17-11-8(15)4-7(14)10(16)18-11/h1-4H,(H3,16,17,18). The quantitative estimate of drug-likeness (QED) is 0.813. The van der Waals surface area contributed by atoms with Crippen LogP contribution in [0.2, 0.25) is 0 Å². The molecule has 7 heteroatoms. The summed E-state index contributed by atoms with van der Waals surface area (Å²) in [6, 6.07) is 3.09. The normalized spacial score (nSPS) is 10.4. The summed E-state index contributed by atoms with van der Waals surface area (Å²) in [6.07, 6.45) is 0. The zero-order valence-electron chi connectivity index (χ0n) is 8.85. The minimum Gasteiger partial charge on any atom is -0.381 e. The van der Waals surface area contributed by atoms with E-state index in [1.54, 1.807) is 0 Å². The van der Waals surface area contributed by atoms with Crippen molar-refractivity contribution < 1.29 is 17.6 Å². The molecular weight excluding hydrogens is 250 g/mol. The molecule has 0 aliphatic heterocycles. The number of anilines is 3.